The van der Waals surface area contributed by atoms with Crippen molar-refractivity contribution in [1.29, 1.82) is 0 Å². The molecule has 1 aliphatic rings. The van der Waals surface area contributed by atoms with Gasteiger partial charge >= 0.3 is 6.01 Å². The maximum absolute atomic E-state index is 11.3. The summed E-state index contributed by atoms with van der Waals surface area (Å²) in [6.45, 7) is 3.02. The Hall–Kier alpha value is -1.17. The lowest BCUT2D eigenvalue weighted by atomic mass is 10.1. The summed E-state index contributed by atoms with van der Waals surface area (Å²) in [6.07, 6.45) is 5.18. The van der Waals surface area contributed by atoms with Crippen LogP contribution < -0.4 is 4.74 Å². The quantitative estimate of drug-likeness (QED) is 0.833. The summed E-state index contributed by atoms with van der Waals surface area (Å²) in [5, 5.41) is 0. The van der Waals surface area contributed by atoms with E-state index in [1.54, 1.807) is 24.2 Å². The predicted molar refractivity (Wildman–Crippen MR) is 65.6 cm³/mol. The molecule has 0 aromatic carbocycles. The third-order valence-corrected chi connectivity index (χ3v) is 3.10. The Balaban J connectivity index is 1.94. The van der Waals surface area contributed by atoms with Crippen LogP contribution in [0.3, 0.4) is 0 Å². The van der Waals surface area contributed by atoms with Crippen molar-refractivity contribution in [2.24, 2.45) is 0 Å². The van der Waals surface area contributed by atoms with Gasteiger partial charge in [-0.25, -0.2) is 9.97 Å². The highest BCUT2D eigenvalue weighted by atomic mass is 79.9. The third-order valence-electron chi connectivity index (χ3n) is 2.69. The van der Waals surface area contributed by atoms with Gasteiger partial charge in [0.2, 0.25) is 5.91 Å². The van der Waals surface area contributed by atoms with Crippen molar-refractivity contribution in [3.8, 4) is 6.01 Å². The van der Waals surface area contributed by atoms with Crippen molar-refractivity contribution in [2.75, 3.05) is 13.1 Å². The van der Waals surface area contributed by atoms with Crippen LogP contribution >= 0.6 is 15.9 Å². The average Bonchev–Trinajstić information content (AvgIpc) is 2.32. The van der Waals surface area contributed by atoms with Gasteiger partial charge < -0.3 is 9.64 Å². The zero-order valence-corrected chi connectivity index (χ0v) is 11.2. The molecule has 0 bridgehead atoms. The number of ether oxygens (including phenoxy) is 1. The molecule has 1 aliphatic heterocycles. The SMILES string of the molecule is CC(=O)N1CCCC(Oc2ncc(Br)cn2)C1. The Kier molecular flexibility index (Phi) is 3.93. The molecular weight excluding hydrogens is 286 g/mol. The first-order valence-corrected chi connectivity index (χ1v) is 6.34. The van der Waals surface area contributed by atoms with Gasteiger partial charge in [0.15, 0.2) is 0 Å². The molecule has 5 nitrogen and oxygen atoms in total. The van der Waals surface area contributed by atoms with Gasteiger partial charge in [-0.1, -0.05) is 0 Å². The minimum absolute atomic E-state index is 0.00572. The number of halogens is 1. The molecule has 17 heavy (non-hydrogen) atoms. The average molecular weight is 300 g/mol. The van der Waals surface area contributed by atoms with Crippen molar-refractivity contribution < 1.29 is 9.53 Å². The normalized spacial score (nSPS) is 20.1. The summed E-state index contributed by atoms with van der Waals surface area (Å²) in [5.41, 5.74) is 0. The lowest BCUT2D eigenvalue weighted by Crippen LogP contribution is -2.43. The van der Waals surface area contributed by atoms with Crippen LogP contribution in [0.15, 0.2) is 16.9 Å². The van der Waals surface area contributed by atoms with E-state index in [0.717, 1.165) is 23.9 Å². The summed E-state index contributed by atoms with van der Waals surface area (Å²) in [7, 11) is 0. The Morgan fingerprint density at radius 2 is 2.24 bits per heavy atom. The van der Waals surface area contributed by atoms with Gasteiger partial charge in [-0.15, -0.1) is 0 Å². The molecule has 0 aliphatic carbocycles. The highest BCUT2D eigenvalue weighted by Gasteiger charge is 2.23. The van der Waals surface area contributed by atoms with Crippen molar-refractivity contribution >= 4 is 21.8 Å². The second kappa shape index (κ2) is 5.44. The molecule has 2 heterocycles. The van der Waals surface area contributed by atoms with Crippen LogP contribution in [0, 0.1) is 0 Å². The van der Waals surface area contributed by atoms with Crippen LogP contribution in [-0.2, 0) is 4.79 Å². The Bertz CT molecular complexity index is 396. The summed E-state index contributed by atoms with van der Waals surface area (Å²) >= 11 is 3.27. The number of likely N-dealkylation sites (tertiary alicyclic amines) is 1. The fourth-order valence-electron chi connectivity index (χ4n) is 1.83. The first-order valence-electron chi connectivity index (χ1n) is 5.55. The van der Waals surface area contributed by atoms with Crippen LogP contribution in [0.4, 0.5) is 0 Å². The standard InChI is InChI=1S/C11H14BrN3O2/c1-8(16)15-4-2-3-10(7-15)17-11-13-5-9(12)6-14-11/h5-6,10H,2-4,7H2,1H3. The van der Waals surface area contributed by atoms with Crippen LogP contribution in [0.25, 0.3) is 0 Å². The first kappa shape index (κ1) is 12.3. The predicted octanol–water partition coefficient (Wildman–Crippen LogP) is 1.63. The van der Waals surface area contributed by atoms with E-state index in [2.05, 4.69) is 25.9 Å². The molecule has 0 saturated carbocycles. The minimum Gasteiger partial charge on any atom is -0.458 e. The van der Waals surface area contributed by atoms with E-state index in [9.17, 15) is 4.79 Å². The molecule has 1 atom stereocenters. The number of hydrogen-bond acceptors (Lipinski definition) is 4. The van der Waals surface area contributed by atoms with Gasteiger partial charge in [0.25, 0.3) is 0 Å². The number of carbonyl (C=O) groups excluding carboxylic acids is 1. The Labute approximate surface area is 108 Å². The van der Waals surface area contributed by atoms with E-state index in [-0.39, 0.29) is 12.0 Å². The highest BCUT2D eigenvalue weighted by Crippen LogP contribution is 2.16. The Morgan fingerprint density at radius 1 is 1.53 bits per heavy atom. The maximum Gasteiger partial charge on any atom is 0.316 e. The summed E-state index contributed by atoms with van der Waals surface area (Å²) in [4.78, 5) is 21.2. The van der Waals surface area contributed by atoms with Crippen molar-refractivity contribution in [2.45, 2.75) is 25.9 Å². The molecule has 1 fully saturated rings. The van der Waals surface area contributed by atoms with Crippen molar-refractivity contribution in [3.63, 3.8) is 0 Å². The molecule has 1 aromatic rings. The molecule has 0 spiro atoms. The van der Waals surface area contributed by atoms with E-state index in [1.807, 2.05) is 0 Å². The van der Waals surface area contributed by atoms with E-state index >= 15 is 0 Å². The largest absolute Gasteiger partial charge is 0.458 e. The van der Waals surface area contributed by atoms with Gasteiger partial charge in [0.05, 0.1) is 11.0 Å². The number of rotatable bonds is 2. The monoisotopic (exact) mass is 299 g/mol. The first-order chi connectivity index (χ1) is 8.15. The summed E-state index contributed by atoms with van der Waals surface area (Å²) in [6, 6.07) is 0.364. The maximum atomic E-state index is 11.3. The van der Waals surface area contributed by atoms with Gasteiger partial charge in [-0.3, -0.25) is 4.79 Å². The van der Waals surface area contributed by atoms with Crippen molar-refractivity contribution in [3.05, 3.63) is 16.9 Å². The number of nitrogens with zero attached hydrogens (tertiary/aromatic N) is 3. The zero-order chi connectivity index (χ0) is 12.3. The molecule has 0 N–H and O–H groups in total. The van der Waals surface area contributed by atoms with Crippen molar-refractivity contribution in [1.82, 2.24) is 14.9 Å². The fraction of sp³-hybridized carbons (Fsp3) is 0.545. The van der Waals surface area contributed by atoms with Gasteiger partial charge in [0.1, 0.15) is 6.10 Å². The molecule has 1 amide bonds. The molecule has 1 aromatic heterocycles. The zero-order valence-electron chi connectivity index (χ0n) is 9.60. The van der Waals surface area contributed by atoms with E-state index in [1.165, 1.54) is 0 Å². The molecular formula is C11H14BrN3O2. The molecule has 6 heteroatoms. The number of amides is 1. The van der Waals surface area contributed by atoms with E-state index in [0.29, 0.717) is 12.6 Å². The number of piperidine rings is 1. The van der Waals surface area contributed by atoms with Crippen LogP contribution in [-0.4, -0.2) is 40.0 Å². The molecule has 2 rings (SSSR count). The second-order valence-corrected chi connectivity index (χ2v) is 4.95. The number of aromatic nitrogens is 2. The summed E-state index contributed by atoms with van der Waals surface area (Å²) < 4.78 is 6.47. The Morgan fingerprint density at radius 3 is 2.88 bits per heavy atom. The molecule has 0 radical (unpaired) electrons. The number of carbonyl (C=O) groups is 1. The van der Waals surface area contributed by atoms with Gasteiger partial charge in [-0.05, 0) is 28.8 Å². The molecule has 1 saturated heterocycles. The smallest absolute Gasteiger partial charge is 0.316 e. The minimum atomic E-state index is -0.00572. The highest BCUT2D eigenvalue weighted by molar-refractivity contribution is 9.10. The van der Waals surface area contributed by atoms with E-state index in [4.69, 9.17) is 4.74 Å². The molecule has 1 unspecified atom stereocenters. The lowest BCUT2D eigenvalue weighted by molar-refractivity contribution is -0.131. The van der Waals surface area contributed by atoms with Gasteiger partial charge in [0, 0.05) is 25.9 Å². The van der Waals surface area contributed by atoms with Crippen LogP contribution in [0.5, 0.6) is 6.01 Å². The van der Waals surface area contributed by atoms with Crippen LogP contribution in [0.2, 0.25) is 0 Å². The number of hydrogen-bond donors (Lipinski definition) is 0. The van der Waals surface area contributed by atoms with Crippen LogP contribution in [0.1, 0.15) is 19.8 Å². The lowest BCUT2D eigenvalue weighted by Gasteiger charge is -2.31. The fourth-order valence-corrected chi connectivity index (χ4v) is 2.04. The summed E-state index contributed by atoms with van der Waals surface area (Å²) in [5.74, 6) is 0.0926. The second-order valence-electron chi connectivity index (χ2n) is 4.03. The topological polar surface area (TPSA) is 55.3 Å². The van der Waals surface area contributed by atoms with E-state index < -0.39 is 0 Å². The molecule has 92 valence electrons. The van der Waals surface area contributed by atoms with Gasteiger partial charge in [-0.2, -0.15) is 0 Å². The third kappa shape index (κ3) is 3.39.